The van der Waals surface area contributed by atoms with E-state index in [0.717, 1.165) is 24.5 Å². The minimum absolute atomic E-state index is 0.625. The summed E-state index contributed by atoms with van der Waals surface area (Å²) in [5, 5.41) is 9.25. The summed E-state index contributed by atoms with van der Waals surface area (Å²) in [5.74, 6) is 0. The van der Waals surface area contributed by atoms with Gasteiger partial charge >= 0.3 is 0 Å². The van der Waals surface area contributed by atoms with Gasteiger partial charge in [-0.05, 0) is 24.1 Å². The first-order valence-electron chi connectivity index (χ1n) is 5.15. The van der Waals surface area contributed by atoms with Gasteiger partial charge in [0.1, 0.15) is 0 Å². The van der Waals surface area contributed by atoms with Crippen molar-refractivity contribution < 1.29 is 0 Å². The van der Waals surface area contributed by atoms with Crippen LogP contribution in [0.5, 0.6) is 0 Å². The third-order valence-electron chi connectivity index (χ3n) is 2.72. The van der Waals surface area contributed by atoms with Crippen LogP contribution in [-0.4, -0.2) is 17.5 Å². The summed E-state index contributed by atoms with van der Waals surface area (Å²) in [4.78, 5) is 2.38. The third-order valence-corrected chi connectivity index (χ3v) is 2.97. The van der Waals surface area contributed by atoms with Gasteiger partial charge in [-0.25, -0.2) is 0 Å². The van der Waals surface area contributed by atoms with Crippen molar-refractivity contribution in [1.82, 2.24) is 4.90 Å². The molecule has 0 radical (unpaired) electrons. The van der Waals surface area contributed by atoms with Crippen LogP contribution in [-0.2, 0) is 6.54 Å². The molecule has 1 aliphatic rings. The standard InChI is InChI=1S/C12H13ClN2/c13-11-5-3-10(4-6-11)8-15-9-12(15)2-1-7-14/h3-6,12H,1-2,8-9H2. The molecular weight excluding hydrogens is 208 g/mol. The Bertz CT molecular complexity index is 366. The number of benzene rings is 1. The lowest BCUT2D eigenvalue weighted by Crippen LogP contribution is -2.01. The number of nitrogens with zero attached hydrogens (tertiary/aromatic N) is 2. The van der Waals surface area contributed by atoms with Crippen molar-refractivity contribution in [2.24, 2.45) is 0 Å². The first-order chi connectivity index (χ1) is 7.29. The van der Waals surface area contributed by atoms with Crippen LogP contribution >= 0.6 is 11.6 Å². The molecule has 1 aromatic carbocycles. The molecule has 1 fully saturated rings. The van der Waals surface area contributed by atoms with Crippen LogP contribution in [0.2, 0.25) is 5.02 Å². The summed E-state index contributed by atoms with van der Waals surface area (Å²) in [6, 6.07) is 10.8. The van der Waals surface area contributed by atoms with Crippen molar-refractivity contribution in [2.75, 3.05) is 6.54 Å². The first-order valence-corrected chi connectivity index (χ1v) is 5.53. The summed E-state index contributed by atoms with van der Waals surface area (Å²) in [5.41, 5.74) is 1.29. The van der Waals surface area contributed by atoms with Crippen molar-refractivity contribution >= 4 is 11.6 Å². The monoisotopic (exact) mass is 220 g/mol. The lowest BCUT2D eigenvalue weighted by atomic mass is 10.2. The van der Waals surface area contributed by atoms with Gasteiger partial charge in [0.25, 0.3) is 0 Å². The van der Waals surface area contributed by atoms with Crippen LogP contribution < -0.4 is 0 Å². The molecule has 0 bridgehead atoms. The fourth-order valence-corrected chi connectivity index (χ4v) is 1.87. The lowest BCUT2D eigenvalue weighted by Gasteiger charge is -2.03. The van der Waals surface area contributed by atoms with Crippen LogP contribution in [0.15, 0.2) is 24.3 Å². The Hall–Kier alpha value is -1.04. The molecular formula is C12H13ClN2. The summed E-state index contributed by atoms with van der Waals surface area (Å²) in [6.45, 7) is 2.11. The molecule has 2 unspecified atom stereocenters. The molecule has 0 aliphatic carbocycles. The molecule has 0 spiro atoms. The highest BCUT2D eigenvalue weighted by Gasteiger charge is 2.32. The molecule has 3 heteroatoms. The summed E-state index contributed by atoms with van der Waals surface area (Å²) in [6.07, 6.45) is 1.67. The third kappa shape index (κ3) is 2.95. The molecule has 15 heavy (non-hydrogen) atoms. The topological polar surface area (TPSA) is 26.8 Å². The zero-order valence-corrected chi connectivity index (χ0v) is 9.24. The Balaban J connectivity index is 1.80. The van der Waals surface area contributed by atoms with Gasteiger partial charge in [0.15, 0.2) is 0 Å². The zero-order chi connectivity index (χ0) is 10.7. The normalized spacial score (nSPS) is 23.5. The second-order valence-electron chi connectivity index (χ2n) is 3.91. The van der Waals surface area contributed by atoms with Crippen molar-refractivity contribution in [3.63, 3.8) is 0 Å². The van der Waals surface area contributed by atoms with Gasteiger partial charge in [-0.3, -0.25) is 4.90 Å². The van der Waals surface area contributed by atoms with Gasteiger partial charge in [-0.1, -0.05) is 23.7 Å². The van der Waals surface area contributed by atoms with Crippen molar-refractivity contribution in [1.29, 1.82) is 5.26 Å². The fourth-order valence-electron chi connectivity index (χ4n) is 1.75. The Kier molecular flexibility index (Phi) is 3.25. The maximum absolute atomic E-state index is 8.47. The largest absolute Gasteiger partial charge is 0.293 e. The fraction of sp³-hybridized carbons (Fsp3) is 0.417. The van der Waals surface area contributed by atoms with Gasteiger partial charge in [0.05, 0.1) is 6.07 Å². The maximum Gasteiger partial charge on any atom is 0.0622 e. The highest BCUT2D eigenvalue weighted by molar-refractivity contribution is 6.30. The highest BCUT2D eigenvalue weighted by Crippen LogP contribution is 2.25. The second kappa shape index (κ2) is 4.65. The summed E-state index contributed by atoms with van der Waals surface area (Å²) < 4.78 is 0. The van der Waals surface area contributed by atoms with Gasteiger partial charge in [-0.2, -0.15) is 5.26 Å². The SMILES string of the molecule is N#CCCC1CN1Cc1ccc(Cl)cc1. The van der Waals surface area contributed by atoms with E-state index in [0.29, 0.717) is 12.5 Å². The van der Waals surface area contributed by atoms with E-state index in [2.05, 4.69) is 23.1 Å². The summed E-state index contributed by atoms with van der Waals surface area (Å²) in [7, 11) is 0. The zero-order valence-electron chi connectivity index (χ0n) is 8.49. The number of nitriles is 1. The quantitative estimate of drug-likeness (QED) is 0.730. The van der Waals surface area contributed by atoms with Crippen LogP contribution in [0.3, 0.4) is 0 Å². The second-order valence-corrected chi connectivity index (χ2v) is 4.34. The van der Waals surface area contributed by atoms with Crippen molar-refractivity contribution in [3.05, 3.63) is 34.9 Å². The van der Waals surface area contributed by atoms with E-state index in [1.165, 1.54) is 5.56 Å². The first kappa shape index (κ1) is 10.5. The predicted molar refractivity (Wildman–Crippen MR) is 60.5 cm³/mol. The lowest BCUT2D eigenvalue weighted by molar-refractivity contribution is 0.489. The average Bonchev–Trinajstić information content (AvgIpc) is 2.97. The van der Waals surface area contributed by atoms with Crippen LogP contribution in [0.4, 0.5) is 0 Å². The van der Waals surface area contributed by atoms with E-state index >= 15 is 0 Å². The molecule has 0 amide bonds. The maximum atomic E-state index is 8.47. The molecule has 0 aromatic heterocycles. The molecule has 1 heterocycles. The van der Waals surface area contributed by atoms with E-state index in [-0.39, 0.29) is 0 Å². The van der Waals surface area contributed by atoms with Crippen LogP contribution in [0.1, 0.15) is 18.4 Å². The van der Waals surface area contributed by atoms with Gasteiger partial charge < -0.3 is 0 Å². The Morgan fingerprint density at radius 1 is 1.40 bits per heavy atom. The molecule has 1 saturated heterocycles. The van der Waals surface area contributed by atoms with Gasteiger partial charge in [0, 0.05) is 30.6 Å². The predicted octanol–water partition coefficient (Wildman–Crippen LogP) is 2.83. The van der Waals surface area contributed by atoms with Crippen LogP contribution in [0.25, 0.3) is 0 Å². The van der Waals surface area contributed by atoms with Gasteiger partial charge in [0.2, 0.25) is 0 Å². The van der Waals surface area contributed by atoms with Crippen LogP contribution in [0, 0.1) is 11.3 Å². The van der Waals surface area contributed by atoms with E-state index in [4.69, 9.17) is 16.9 Å². The van der Waals surface area contributed by atoms with Gasteiger partial charge in [-0.15, -0.1) is 0 Å². The van der Waals surface area contributed by atoms with E-state index in [9.17, 15) is 0 Å². The molecule has 0 N–H and O–H groups in total. The smallest absolute Gasteiger partial charge is 0.0622 e. The molecule has 2 nitrogen and oxygen atoms in total. The minimum Gasteiger partial charge on any atom is -0.293 e. The van der Waals surface area contributed by atoms with Crippen molar-refractivity contribution in [3.8, 4) is 6.07 Å². The van der Waals surface area contributed by atoms with E-state index in [1.807, 2.05) is 12.1 Å². The number of hydrogen-bond acceptors (Lipinski definition) is 2. The van der Waals surface area contributed by atoms with E-state index in [1.54, 1.807) is 0 Å². The molecule has 78 valence electrons. The average molecular weight is 221 g/mol. The molecule has 1 aliphatic heterocycles. The highest BCUT2D eigenvalue weighted by atomic mass is 35.5. The summed E-state index contributed by atoms with van der Waals surface area (Å²) >= 11 is 5.81. The van der Waals surface area contributed by atoms with Crippen molar-refractivity contribution in [2.45, 2.75) is 25.4 Å². The molecule has 2 rings (SSSR count). The molecule has 0 saturated carbocycles. The molecule has 1 aromatic rings. The molecule has 2 atom stereocenters. The number of halogens is 1. The Morgan fingerprint density at radius 3 is 2.80 bits per heavy atom. The number of rotatable bonds is 4. The minimum atomic E-state index is 0.625. The van der Waals surface area contributed by atoms with E-state index < -0.39 is 0 Å². The Morgan fingerprint density at radius 2 is 2.13 bits per heavy atom. The Labute approximate surface area is 95.1 Å². The number of hydrogen-bond donors (Lipinski definition) is 0.